The van der Waals surface area contributed by atoms with Crippen LogP contribution in [0.15, 0.2) is 48.5 Å². The third-order valence-electron chi connectivity index (χ3n) is 3.09. The molecule has 0 amide bonds. The molecule has 0 saturated heterocycles. The van der Waals surface area contributed by atoms with Crippen molar-refractivity contribution in [2.75, 3.05) is 11.9 Å². The quantitative estimate of drug-likeness (QED) is 0.801. The number of carboxylic acid groups (broad SMARTS) is 1. The lowest BCUT2D eigenvalue weighted by molar-refractivity contribution is 0.0526. The summed E-state index contributed by atoms with van der Waals surface area (Å²) in [6.07, 6.45) is 0. The maximum atomic E-state index is 11.5. The van der Waals surface area contributed by atoms with Gasteiger partial charge in [0.15, 0.2) is 0 Å². The molecule has 0 aromatic heterocycles. The van der Waals surface area contributed by atoms with E-state index < -0.39 is 5.97 Å². The van der Waals surface area contributed by atoms with Crippen LogP contribution in [-0.2, 0) is 11.3 Å². The van der Waals surface area contributed by atoms with Crippen LogP contribution in [0, 0.1) is 0 Å². The zero-order valence-corrected chi connectivity index (χ0v) is 12.2. The van der Waals surface area contributed by atoms with Crippen molar-refractivity contribution in [1.29, 1.82) is 0 Å². The van der Waals surface area contributed by atoms with Crippen molar-refractivity contribution in [1.82, 2.24) is 0 Å². The molecular weight excluding hydrogens is 282 g/mol. The molecule has 0 bridgehead atoms. The fraction of sp³-hybridized carbons (Fsp3) is 0.176. The van der Waals surface area contributed by atoms with Gasteiger partial charge in [0.1, 0.15) is 0 Å². The number of anilines is 1. The Labute approximate surface area is 128 Å². The number of hydrogen-bond acceptors (Lipinski definition) is 4. The van der Waals surface area contributed by atoms with Gasteiger partial charge in [-0.05, 0) is 48.9 Å². The van der Waals surface area contributed by atoms with Crippen LogP contribution in [0.2, 0.25) is 0 Å². The van der Waals surface area contributed by atoms with Crippen LogP contribution >= 0.6 is 0 Å². The molecule has 5 nitrogen and oxygen atoms in total. The van der Waals surface area contributed by atoms with Crippen LogP contribution in [-0.4, -0.2) is 23.7 Å². The maximum absolute atomic E-state index is 11.5. The van der Waals surface area contributed by atoms with E-state index in [4.69, 9.17) is 9.84 Å². The predicted molar refractivity (Wildman–Crippen MR) is 83.1 cm³/mol. The van der Waals surface area contributed by atoms with Crippen molar-refractivity contribution in [3.63, 3.8) is 0 Å². The number of ether oxygens (including phenoxy) is 1. The van der Waals surface area contributed by atoms with Gasteiger partial charge in [-0.1, -0.05) is 12.1 Å². The van der Waals surface area contributed by atoms with Gasteiger partial charge < -0.3 is 15.2 Å². The van der Waals surface area contributed by atoms with E-state index in [9.17, 15) is 9.59 Å². The second-order valence-electron chi connectivity index (χ2n) is 4.65. The molecule has 2 aromatic rings. The van der Waals surface area contributed by atoms with Crippen molar-refractivity contribution in [2.24, 2.45) is 0 Å². The Morgan fingerprint density at radius 2 is 1.59 bits per heavy atom. The van der Waals surface area contributed by atoms with Crippen LogP contribution in [0.4, 0.5) is 5.69 Å². The highest BCUT2D eigenvalue weighted by atomic mass is 16.5. The molecule has 0 saturated carbocycles. The minimum Gasteiger partial charge on any atom is -0.478 e. The molecule has 0 aliphatic rings. The molecule has 114 valence electrons. The van der Waals surface area contributed by atoms with E-state index in [2.05, 4.69) is 5.32 Å². The van der Waals surface area contributed by atoms with Crippen molar-refractivity contribution in [3.05, 3.63) is 65.2 Å². The number of benzene rings is 2. The molecule has 0 spiro atoms. The van der Waals surface area contributed by atoms with Crippen molar-refractivity contribution < 1.29 is 19.4 Å². The lowest BCUT2D eigenvalue weighted by Crippen LogP contribution is -2.05. The Hall–Kier alpha value is -2.82. The minimum absolute atomic E-state index is 0.266. The van der Waals surface area contributed by atoms with E-state index in [1.807, 2.05) is 0 Å². The largest absolute Gasteiger partial charge is 0.478 e. The number of rotatable bonds is 6. The van der Waals surface area contributed by atoms with Gasteiger partial charge in [0.25, 0.3) is 0 Å². The van der Waals surface area contributed by atoms with Gasteiger partial charge in [0.05, 0.1) is 17.7 Å². The number of carboxylic acids is 1. The van der Waals surface area contributed by atoms with Crippen LogP contribution in [0.5, 0.6) is 0 Å². The second-order valence-corrected chi connectivity index (χ2v) is 4.65. The molecule has 0 atom stereocenters. The van der Waals surface area contributed by atoms with E-state index in [1.54, 1.807) is 55.5 Å². The topological polar surface area (TPSA) is 75.6 Å². The third-order valence-corrected chi connectivity index (χ3v) is 3.09. The van der Waals surface area contributed by atoms with E-state index >= 15 is 0 Å². The van der Waals surface area contributed by atoms with Crippen LogP contribution < -0.4 is 5.32 Å². The summed E-state index contributed by atoms with van der Waals surface area (Å²) in [5.41, 5.74) is 2.62. The number of nitrogens with one attached hydrogen (secondary N) is 1. The fourth-order valence-corrected chi connectivity index (χ4v) is 1.91. The molecule has 0 heterocycles. The van der Waals surface area contributed by atoms with Crippen molar-refractivity contribution in [3.8, 4) is 0 Å². The van der Waals surface area contributed by atoms with Gasteiger partial charge in [0, 0.05) is 12.2 Å². The average Bonchev–Trinajstić information content (AvgIpc) is 2.54. The summed E-state index contributed by atoms with van der Waals surface area (Å²) in [4.78, 5) is 22.3. The first-order valence-electron chi connectivity index (χ1n) is 6.93. The summed E-state index contributed by atoms with van der Waals surface area (Å²) < 4.78 is 4.92. The first-order chi connectivity index (χ1) is 10.6. The summed E-state index contributed by atoms with van der Waals surface area (Å²) in [6.45, 7) is 2.69. The Bertz CT molecular complexity index is 647. The Kier molecular flexibility index (Phi) is 5.14. The van der Waals surface area contributed by atoms with Crippen molar-refractivity contribution in [2.45, 2.75) is 13.5 Å². The molecule has 2 N–H and O–H groups in total. The molecule has 5 heteroatoms. The summed E-state index contributed by atoms with van der Waals surface area (Å²) in [7, 11) is 0. The SMILES string of the molecule is CCOC(=O)c1ccc(NCc2ccc(C(=O)O)cc2)cc1. The van der Waals surface area contributed by atoms with Gasteiger partial charge in [-0.15, -0.1) is 0 Å². The van der Waals surface area contributed by atoms with Crippen LogP contribution in [0.1, 0.15) is 33.2 Å². The molecule has 2 rings (SSSR count). The van der Waals surface area contributed by atoms with Gasteiger partial charge >= 0.3 is 11.9 Å². The number of carbonyl (C=O) groups is 2. The normalized spacial score (nSPS) is 10.0. The average molecular weight is 299 g/mol. The van der Waals surface area contributed by atoms with E-state index in [0.717, 1.165) is 11.3 Å². The van der Waals surface area contributed by atoms with Gasteiger partial charge in [-0.25, -0.2) is 9.59 Å². The maximum Gasteiger partial charge on any atom is 0.338 e. The summed E-state index contributed by atoms with van der Waals surface area (Å²) in [5, 5.41) is 12.0. The number of aromatic carboxylic acids is 1. The van der Waals surface area contributed by atoms with Gasteiger partial charge in [0.2, 0.25) is 0 Å². The number of esters is 1. The molecule has 0 unspecified atom stereocenters. The zero-order valence-electron chi connectivity index (χ0n) is 12.2. The highest BCUT2D eigenvalue weighted by molar-refractivity contribution is 5.89. The number of carbonyl (C=O) groups excluding carboxylic acids is 1. The minimum atomic E-state index is -0.936. The monoisotopic (exact) mass is 299 g/mol. The van der Waals surface area contributed by atoms with E-state index in [0.29, 0.717) is 18.7 Å². The van der Waals surface area contributed by atoms with E-state index in [-0.39, 0.29) is 11.5 Å². The van der Waals surface area contributed by atoms with Gasteiger partial charge in [-0.2, -0.15) is 0 Å². The van der Waals surface area contributed by atoms with Crippen LogP contribution in [0.3, 0.4) is 0 Å². The molecule has 22 heavy (non-hydrogen) atoms. The first-order valence-corrected chi connectivity index (χ1v) is 6.93. The smallest absolute Gasteiger partial charge is 0.338 e. The van der Waals surface area contributed by atoms with Gasteiger partial charge in [-0.3, -0.25) is 0 Å². The second kappa shape index (κ2) is 7.26. The van der Waals surface area contributed by atoms with E-state index in [1.165, 1.54) is 0 Å². The summed E-state index contributed by atoms with van der Waals surface area (Å²) in [5.74, 6) is -1.27. The lowest BCUT2D eigenvalue weighted by Gasteiger charge is -2.08. The first kappa shape index (κ1) is 15.6. The Morgan fingerprint density at radius 3 is 2.14 bits per heavy atom. The molecule has 0 aliphatic heterocycles. The molecular formula is C17H17NO4. The standard InChI is InChI=1S/C17H17NO4/c1-2-22-17(21)14-7-9-15(10-8-14)18-11-12-3-5-13(6-4-12)16(19)20/h3-10,18H,2,11H2,1H3,(H,19,20). The van der Waals surface area contributed by atoms with Crippen molar-refractivity contribution >= 4 is 17.6 Å². The predicted octanol–water partition coefficient (Wildman–Crippen LogP) is 3.17. The fourth-order valence-electron chi connectivity index (χ4n) is 1.91. The van der Waals surface area contributed by atoms with Crippen LogP contribution in [0.25, 0.3) is 0 Å². The summed E-state index contributed by atoms with van der Waals surface area (Å²) in [6, 6.07) is 13.7. The molecule has 0 aliphatic carbocycles. The molecule has 0 fully saturated rings. The highest BCUT2D eigenvalue weighted by Gasteiger charge is 2.05. The summed E-state index contributed by atoms with van der Waals surface area (Å²) >= 11 is 0. The zero-order chi connectivity index (χ0) is 15.9. The number of hydrogen-bond donors (Lipinski definition) is 2. The lowest BCUT2D eigenvalue weighted by atomic mass is 10.1. The highest BCUT2D eigenvalue weighted by Crippen LogP contribution is 2.13. The molecule has 0 radical (unpaired) electrons. The molecule has 2 aromatic carbocycles. The Morgan fingerprint density at radius 1 is 1.00 bits per heavy atom. The third kappa shape index (κ3) is 4.09. The Balaban J connectivity index is 1.94.